The van der Waals surface area contributed by atoms with E-state index in [1.54, 1.807) is 0 Å². The molecule has 1 aromatic heterocycles. The number of aromatic carboxylic acids is 1. The van der Waals surface area contributed by atoms with Crippen molar-refractivity contribution in [3.63, 3.8) is 0 Å². The number of carbonyl (C=O) groups is 1. The van der Waals surface area contributed by atoms with Crippen LogP contribution in [0, 0.1) is 5.82 Å². The van der Waals surface area contributed by atoms with Gasteiger partial charge < -0.3 is 5.11 Å². The summed E-state index contributed by atoms with van der Waals surface area (Å²) >= 11 is 0.961. The summed E-state index contributed by atoms with van der Waals surface area (Å²) in [6.07, 6.45) is 2.49. The van der Waals surface area contributed by atoms with Crippen LogP contribution in [0.1, 0.15) is 10.4 Å². The molecule has 0 unspecified atom stereocenters. The number of hydrogen-bond donors (Lipinski definition) is 1. The molecule has 0 saturated heterocycles. The lowest BCUT2D eigenvalue weighted by molar-refractivity contribution is 0.0691. The smallest absolute Gasteiger partial charge is 0.338 e. The van der Waals surface area contributed by atoms with Gasteiger partial charge in [0.25, 0.3) is 0 Å². The molecule has 1 aromatic carbocycles. The Balaban J connectivity index is 2.45. The molecule has 0 atom stereocenters. The number of carboxylic acids is 1. The number of halogens is 1. The first-order valence-corrected chi connectivity index (χ1v) is 8.35. The molecule has 110 valence electrons. The summed E-state index contributed by atoms with van der Waals surface area (Å²) in [4.78, 5) is 15.3. The Morgan fingerprint density at radius 3 is 2.67 bits per heavy atom. The van der Waals surface area contributed by atoms with Crippen LogP contribution < -0.4 is 0 Å². The first-order chi connectivity index (χ1) is 9.79. The van der Waals surface area contributed by atoms with E-state index in [1.807, 2.05) is 0 Å². The van der Waals surface area contributed by atoms with Gasteiger partial charge in [0.05, 0.1) is 10.5 Å². The molecule has 0 aliphatic heterocycles. The Morgan fingerprint density at radius 2 is 2.05 bits per heavy atom. The second-order valence-electron chi connectivity index (χ2n) is 4.13. The maximum Gasteiger partial charge on any atom is 0.338 e. The van der Waals surface area contributed by atoms with Crippen LogP contribution in [0.5, 0.6) is 0 Å². The number of pyridine rings is 1. The molecular formula is C13H10FNO4S2. The van der Waals surface area contributed by atoms with Gasteiger partial charge in [0.2, 0.25) is 0 Å². The standard InChI is InChI=1S/C13H10FNO4S2/c1-21(18,19)11-3-2-6-15-12(11)20-8-4-5-10(14)9(7-8)13(16)17/h2-7H,1H3,(H,16,17). The quantitative estimate of drug-likeness (QED) is 0.928. The SMILES string of the molecule is CS(=O)(=O)c1cccnc1Sc1ccc(F)c(C(=O)O)c1. The minimum absolute atomic E-state index is 0.0381. The van der Waals surface area contributed by atoms with Crippen molar-refractivity contribution in [2.45, 2.75) is 14.8 Å². The molecule has 5 nitrogen and oxygen atoms in total. The minimum atomic E-state index is -3.46. The zero-order valence-electron chi connectivity index (χ0n) is 10.8. The van der Waals surface area contributed by atoms with Crippen LogP contribution in [0.15, 0.2) is 51.3 Å². The van der Waals surface area contributed by atoms with Crippen LogP contribution in [-0.4, -0.2) is 30.7 Å². The topological polar surface area (TPSA) is 84.3 Å². The normalized spacial score (nSPS) is 11.3. The maximum atomic E-state index is 13.3. The molecule has 21 heavy (non-hydrogen) atoms. The lowest BCUT2D eigenvalue weighted by Gasteiger charge is -2.07. The second kappa shape index (κ2) is 5.82. The molecule has 1 N–H and O–H groups in total. The van der Waals surface area contributed by atoms with E-state index in [1.165, 1.54) is 24.4 Å². The molecule has 0 bridgehead atoms. The summed E-state index contributed by atoms with van der Waals surface area (Å²) in [5.41, 5.74) is -0.475. The molecule has 1 heterocycles. The van der Waals surface area contributed by atoms with Gasteiger partial charge in [-0.15, -0.1) is 0 Å². The summed E-state index contributed by atoms with van der Waals surface area (Å²) in [6.45, 7) is 0. The maximum absolute atomic E-state index is 13.3. The highest BCUT2D eigenvalue weighted by Gasteiger charge is 2.17. The van der Waals surface area contributed by atoms with Crippen LogP contribution in [0.3, 0.4) is 0 Å². The third kappa shape index (κ3) is 3.59. The van der Waals surface area contributed by atoms with Crippen LogP contribution in [0.25, 0.3) is 0 Å². The molecule has 0 amide bonds. The predicted octanol–water partition coefficient (Wildman–Crippen LogP) is 2.47. The highest BCUT2D eigenvalue weighted by atomic mass is 32.2. The first-order valence-electron chi connectivity index (χ1n) is 5.65. The number of benzene rings is 1. The van der Waals surface area contributed by atoms with Gasteiger partial charge >= 0.3 is 5.97 Å². The Kier molecular flexibility index (Phi) is 4.29. The summed E-state index contributed by atoms with van der Waals surface area (Å²) in [6, 6.07) is 6.44. The number of nitrogens with zero attached hydrogens (tertiary/aromatic N) is 1. The molecule has 0 aliphatic rings. The summed E-state index contributed by atoms with van der Waals surface area (Å²) in [7, 11) is -3.46. The fraction of sp³-hybridized carbons (Fsp3) is 0.0769. The summed E-state index contributed by atoms with van der Waals surface area (Å²) in [5.74, 6) is -2.24. The van der Waals surface area contributed by atoms with Gasteiger partial charge in [-0.25, -0.2) is 22.6 Å². The Bertz CT molecular complexity index is 806. The molecule has 0 radical (unpaired) electrons. The van der Waals surface area contributed by atoms with Gasteiger partial charge in [-0.2, -0.15) is 0 Å². The summed E-state index contributed by atoms with van der Waals surface area (Å²) in [5, 5.41) is 9.09. The van der Waals surface area contributed by atoms with E-state index in [4.69, 9.17) is 5.11 Å². The summed E-state index contributed by atoms with van der Waals surface area (Å²) < 4.78 is 36.7. The molecule has 0 spiro atoms. The fourth-order valence-corrected chi connectivity index (χ4v) is 3.67. The van der Waals surface area contributed by atoms with Crippen LogP contribution >= 0.6 is 11.8 Å². The van der Waals surface area contributed by atoms with Gasteiger partial charge in [-0.05, 0) is 30.3 Å². The van der Waals surface area contributed by atoms with Crippen molar-refractivity contribution in [1.82, 2.24) is 4.98 Å². The Morgan fingerprint density at radius 1 is 1.33 bits per heavy atom. The van der Waals surface area contributed by atoms with E-state index >= 15 is 0 Å². The Hall–Kier alpha value is -1.93. The Labute approximate surface area is 124 Å². The van der Waals surface area contributed by atoms with E-state index in [-0.39, 0.29) is 9.92 Å². The molecule has 8 heteroatoms. The van der Waals surface area contributed by atoms with E-state index < -0.39 is 27.2 Å². The third-order valence-corrected chi connectivity index (χ3v) is 4.78. The number of hydrogen-bond acceptors (Lipinski definition) is 5. The lowest BCUT2D eigenvalue weighted by Crippen LogP contribution is -2.02. The molecule has 0 aliphatic carbocycles. The fourth-order valence-electron chi connectivity index (χ4n) is 1.58. The van der Waals surface area contributed by atoms with Gasteiger partial charge in [-0.1, -0.05) is 11.8 Å². The van der Waals surface area contributed by atoms with Crippen LogP contribution in [-0.2, 0) is 9.84 Å². The van der Waals surface area contributed by atoms with Crippen molar-refractivity contribution >= 4 is 27.6 Å². The number of carboxylic acid groups (broad SMARTS) is 1. The zero-order chi connectivity index (χ0) is 15.6. The van der Waals surface area contributed by atoms with Crippen LogP contribution in [0.4, 0.5) is 4.39 Å². The van der Waals surface area contributed by atoms with E-state index in [9.17, 15) is 17.6 Å². The number of rotatable bonds is 4. The van der Waals surface area contributed by atoms with E-state index in [2.05, 4.69) is 4.98 Å². The first kappa shape index (κ1) is 15.5. The third-order valence-electron chi connectivity index (χ3n) is 2.52. The number of aromatic nitrogens is 1. The average molecular weight is 327 g/mol. The van der Waals surface area contributed by atoms with Crippen molar-refractivity contribution in [2.75, 3.05) is 6.26 Å². The zero-order valence-corrected chi connectivity index (χ0v) is 12.4. The van der Waals surface area contributed by atoms with Gasteiger partial charge in [-0.3, -0.25) is 0 Å². The van der Waals surface area contributed by atoms with Crippen molar-refractivity contribution in [3.05, 3.63) is 47.9 Å². The molecule has 0 saturated carbocycles. The highest BCUT2D eigenvalue weighted by molar-refractivity contribution is 8.00. The van der Waals surface area contributed by atoms with E-state index in [0.29, 0.717) is 4.90 Å². The highest BCUT2D eigenvalue weighted by Crippen LogP contribution is 2.31. The molecule has 0 fully saturated rings. The molecule has 2 rings (SSSR count). The van der Waals surface area contributed by atoms with Crippen LogP contribution in [0.2, 0.25) is 0 Å². The van der Waals surface area contributed by atoms with Crippen molar-refractivity contribution in [3.8, 4) is 0 Å². The largest absolute Gasteiger partial charge is 0.478 e. The van der Waals surface area contributed by atoms with Crippen molar-refractivity contribution in [1.29, 1.82) is 0 Å². The molecular weight excluding hydrogens is 317 g/mol. The molecule has 2 aromatic rings. The van der Waals surface area contributed by atoms with E-state index in [0.717, 1.165) is 30.2 Å². The van der Waals surface area contributed by atoms with Gasteiger partial charge in [0.1, 0.15) is 10.8 Å². The minimum Gasteiger partial charge on any atom is -0.478 e. The van der Waals surface area contributed by atoms with Gasteiger partial charge in [0, 0.05) is 17.3 Å². The van der Waals surface area contributed by atoms with Crippen molar-refractivity contribution < 1.29 is 22.7 Å². The van der Waals surface area contributed by atoms with Crippen molar-refractivity contribution in [2.24, 2.45) is 0 Å². The predicted molar refractivity (Wildman–Crippen MR) is 74.8 cm³/mol. The average Bonchev–Trinajstić information content (AvgIpc) is 2.40. The monoisotopic (exact) mass is 327 g/mol. The van der Waals surface area contributed by atoms with Gasteiger partial charge in [0.15, 0.2) is 9.84 Å². The second-order valence-corrected chi connectivity index (χ2v) is 7.17. The number of sulfone groups is 1. The lowest BCUT2D eigenvalue weighted by atomic mass is 10.2.